The Hall–Kier alpha value is -2.10. The minimum Gasteiger partial charge on any atom is -0.297 e. The number of benzene rings is 2. The minimum atomic E-state index is -1.17. The molecule has 0 radical (unpaired) electrons. The Kier molecular flexibility index (Phi) is 5.80. The molecule has 0 aliphatic carbocycles. The van der Waals surface area contributed by atoms with Crippen LogP contribution in [0.4, 0.5) is 18.3 Å². The second-order valence-corrected chi connectivity index (χ2v) is 7.10. The Balaban J connectivity index is 1.63. The maximum Gasteiger partial charge on any atom is 0.259 e. The maximum atomic E-state index is 13.3. The molecule has 1 heterocycles. The molecule has 26 heavy (non-hydrogen) atoms. The fourth-order valence-electron chi connectivity index (χ4n) is 1.91. The summed E-state index contributed by atoms with van der Waals surface area (Å²) in [5.74, 6) is -2.82. The van der Waals surface area contributed by atoms with Crippen LogP contribution in [0.1, 0.15) is 15.9 Å². The average Bonchev–Trinajstić information content (AvgIpc) is 3.05. The van der Waals surface area contributed by atoms with Crippen LogP contribution in [0.25, 0.3) is 0 Å². The third-order valence-corrected chi connectivity index (χ3v) is 5.14. The maximum absolute atomic E-state index is 13.3. The van der Waals surface area contributed by atoms with E-state index in [-0.39, 0.29) is 21.5 Å². The summed E-state index contributed by atoms with van der Waals surface area (Å²) in [6.07, 6.45) is 0. The van der Waals surface area contributed by atoms with Crippen LogP contribution >= 0.6 is 34.9 Å². The number of carbonyl (C=O) groups excluding carboxylic acids is 1. The van der Waals surface area contributed by atoms with Gasteiger partial charge in [-0.3, -0.25) is 10.1 Å². The summed E-state index contributed by atoms with van der Waals surface area (Å²) in [6.45, 7) is 0. The van der Waals surface area contributed by atoms with Gasteiger partial charge in [0.25, 0.3) is 5.91 Å². The molecular formula is C16H9ClF3N3OS2. The van der Waals surface area contributed by atoms with Crippen molar-refractivity contribution in [3.63, 3.8) is 0 Å². The van der Waals surface area contributed by atoms with Gasteiger partial charge in [-0.1, -0.05) is 35.5 Å². The number of aromatic nitrogens is 2. The quantitative estimate of drug-likeness (QED) is 0.462. The van der Waals surface area contributed by atoms with Crippen molar-refractivity contribution in [2.24, 2.45) is 0 Å². The molecule has 1 N–H and O–H groups in total. The van der Waals surface area contributed by atoms with Gasteiger partial charge in [-0.15, -0.1) is 0 Å². The van der Waals surface area contributed by atoms with Crippen molar-refractivity contribution in [3.05, 3.63) is 70.0 Å². The number of hydrogen-bond acceptors (Lipinski definition) is 5. The van der Waals surface area contributed by atoms with Crippen molar-refractivity contribution < 1.29 is 18.0 Å². The van der Waals surface area contributed by atoms with Gasteiger partial charge in [-0.05, 0) is 29.8 Å². The molecule has 1 amide bonds. The first kappa shape index (κ1) is 18.7. The lowest BCUT2D eigenvalue weighted by molar-refractivity contribution is 0.102. The molecular weight excluding hydrogens is 407 g/mol. The summed E-state index contributed by atoms with van der Waals surface area (Å²) in [5, 5.41) is 2.84. The molecule has 3 rings (SSSR count). The predicted molar refractivity (Wildman–Crippen MR) is 95.2 cm³/mol. The first-order valence-corrected chi connectivity index (χ1v) is 9.23. The van der Waals surface area contributed by atoms with Gasteiger partial charge in [0.2, 0.25) is 10.3 Å². The fourth-order valence-corrected chi connectivity index (χ4v) is 3.64. The third-order valence-electron chi connectivity index (χ3n) is 3.16. The molecule has 0 saturated carbocycles. The first-order valence-electron chi connectivity index (χ1n) is 7.09. The van der Waals surface area contributed by atoms with Crippen molar-refractivity contribution in [1.82, 2.24) is 9.36 Å². The smallest absolute Gasteiger partial charge is 0.259 e. The van der Waals surface area contributed by atoms with Crippen molar-refractivity contribution >= 4 is 45.9 Å². The Morgan fingerprint density at radius 2 is 1.85 bits per heavy atom. The first-order chi connectivity index (χ1) is 12.4. The van der Waals surface area contributed by atoms with Gasteiger partial charge in [-0.2, -0.15) is 9.36 Å². The summed E-state index contributed by atoms with van der Waals surface area (Å²) < 4.78 is 43.3. The van der Waals surface area contributed by atoms with Gasteiger partial charge in [0.1, 0.15) is 5.82 Å². The Morgan fingerprint density at radius 3 is 2.58 bits per heavy atom. The van der Waals surface area contributed by atoms with E-state index in [2.05, 4.69) is 14.7 Å². The van der Waals surface area contributed by atoms with E-state index in [1.807, 2.05) is 0 Å². The van der Waals surface area contributed by atoms with Crippen LogP contribution in [0.15, 0.2) is 41.6 Å². The van der Waals surface area contributed by atoms with Gasteiger partial charge < -0.3 is 0 Å². The summed E-state index contributed by atoms with van der Waals surface area (Å²) in [7, 11) is 0. The molecule has 0 spiro atoms. The lowest BCUT2D eigenvalue weighted by Gasteiger charge is -2.04. The van der Waals surface area contributed by atoms with Crippen LogP contribution < -0.4 is 5.32 Å². The molecule has 134 valence electrons. The van der Waals surface area contributed by atoms with Gasteiger partial charge >= 0.3 is 0 Å². The molecule has 1 aromatic heterocycles. The summed E-state index contributed by atoms with van der Waals surface area (Å²) in [6, 6.07) is 7.49. The second-order valence-electron chi connectivity index (χ2n) is 5.00. The molecule has 2 aromatic carbocycles. The van der Waals surface area contributed by atoms with E-state index in [1.54, 1.807) is 12.1 Å². The SMILES string of the molecule is O=C(Nc1nc(SCc2ccc(F)cc2)ns1)c1cc(F)c(F)cc1Cl. The van der Waals surface area contributed by atoms with Gasteiger partial charge in [0.15, 0.2) is 11.6 Å². The second kappa shape index (κ2) is 8.07. The number of amides is 1. The molecule has 10 heteroatoms. The molecule has 0 aliphatic heterocycles. The van der Waals surface area contributed by atoms with Crippen LogP contribution in [-0.4, -0.2) is 15.3 Å². The highest BCUT2D eigenvalue weighted by atomic mass is 35.5. The van der Waals surface area contributed by atoms with E-state index < -0.39 is 17.5 Å². The highest BCUT2D eigenvalue weighted by Crippen LogP contribution is 2.25. The van der Waals surface area contributed by atoms with E-state index >= 15 is 0 Å². The van der Waals surface area contributed by atoms with Crippen LogP contribution in [-0.2, 0) is 5.75 Å². The summed E-state index contributed by atoms with van der Waals surface area (Å²) in [4.78, 5) is 16.3. The molecule has 3 aromatic rings. The molecule has 4 nitrogen and oxygen atoms in total. The predicted octanol–water partition coefficient (Wildman–Crippen LogP) is 5.15. The van der Waals surface area contributed by atoms with Crippen LogP contribution in [0.2, 0.25) is 5.02 Å². The number of carbonyl (C=O) groups is 1. The van der Waals surface area contributed by atoms with E-state index in [0.717, 1.165) is 29.2 Å². The normalized spacial score (nSPS) is 10.8. The van der Waals surface area contributed by atoms with Crippen LogP contribution in [0.3, 0.4) is 0 Å². The van der Waals surface area contributed by atoms with E-state index in [9.17, 15) is 18.0 Å². The van der Waals surface area contributed by atoms with Crippen molar-refractivity contribution in [2.45, 2.75) is 10.9 Å². The third kappa shape index (κ3) is 4.54. The van der Waals surface area contributed by atoms with Crippen molar-refractivity contribution in [3.8, 4) is 0 Å². The molecule has 0 saturated heterocycles. The molecule has 0 bridgehead atoms. The van der Waals surface area contributed by atoms with Gasteiger partial charge in [-0.25, -0.2) is 13.2 Å². The van der Waals surface area contributed by atoms with Crippen molar-refractivity contribution in [2.75, 3.05) is 5.32 Å². The largest absolute Gasteiger partial charge is 0.297 e. The molecule has 0 aliphatic rings. The van der Waals surface area contributed by atoms with E-state index in [1.165, 1.54) is 23.9 Å². The highest BCUT2D eigenvalue weighted by Gasteiger charge is 2.17. The standard InChI is InChI=1S/C16H9ClF3N3OS2/c17-11-6-13(20)12(19)5-10(11)14(24)21-15-22-16(23-26-15)25-7-8-1-3-9(18)4-2-8/h1-6H,7H2,(H,21,22,23,24). The van der Waals surface area contributed by atoms with Crippen LogP contribution in [0.5, 0.6) is 0 Å². The van der Waals surface area contributed by atoms with E-state index in [4.69, 9.17) is 11.6 Å². The number of thioether (sulfide) groups is 1. The van der Waals surface area contributed by atoms with E-state index in [0.29, 0.717) is 10.9 Å². The minimum absolute atomic E-state index is 0.192. The number of halogens is 4. The highest BCUT2D eigenvalue weighted by molar-refractivity contribution is 7.98. The molecule has 0 atom stereocenters. The summed E-state index contributed by atoms with van der Waals surface area (Å²) >= 11 is 8.01. The number of hydrogen-bond donors (Lipinski definition) is 1. The zero-order chi connectivity index (χ0) is 18.7. The van der Waals surface area contributed by atoms with Gasteiger partial charge in [0, 0.05) is 17.3 Å². The lowest BCUT2D eigenvalue weighted by atomic mass is 10.2. The van der Waals surface area contributed by atoms with Gasteiger partial charge in [0.05, 0.1) is 10.6 Å². The number of rotatable bonds is 5. The molecule has 0 fully saturated rings. The van der Waals surface area contributed by atoms with Crippen molar-refractivity contribution in [1.29, 1.82) is 0 Å². The zero-order valence-electron chi connectivity index (χ0n) is 12.8. The number of anilines is 1. The fraction of sp³-hybridized carbons (Fsp3) is 0.0625. The Bertz CT molecular complexity index is 950. The lowest BCUT2D eigenvalue weighted by Crippen LogP contribution is -2.13. The Labute approximate surface area is 159 Å². The van der Waals surface area contributed by atoms with Crippen LogP contribution in [0, 0.1) is 17.5 Å². The number of nitrogens with one attached hydrogen (secondary N) is 1. The average molecular weight is 416 g/mol. The molecule has 0 unspecified atom stereocenters. The number of nitrogens with zero attached hydrogens (tertiary/aromatic N) is 2. The summed E-state index contributed by atoms with van der Waals surface area (Å²) in [5.41, 5.74) is 0.687. The monoisotopic (exact) mass is 415 g/mol. The zero-order valence-corrected chi connectivity index (χ0v) is 15.2. The topological polar surface area (TPSA) is 54.9 Å². The Morgan fingerprint density at radius 1 is 1.15 bits per heavy atom.